The van der Waals surface area contributed by atoms with Gasteiger partial charge in [-0.05, 0) is 31.7 Å². The van der Waals surface area contributed by atoms with Gasteiger partial charge in [0.25, 0.3) is 0 Å². The van der Waals surface area contributed by atoms with E-state index < -0.39 is 17.6 Å². The SMILES string of the molecule is O=C(O)C1CCC(F)(CNCc2cccc3c2OCCCO3)CC1. The lowest BCUT2D eigenvalue weighted by atomic mass is 9.80. The van der Waals surface area contributed by atoms with Crippen LogP contribution in [0, 0.1) is 5.92 Å². The Morgan fingerprint density at radius 2 is 2.04 bits per heavy atom. The molecule has 1 aromatic carbocycles. The molecule has 0 radical (unpaired) electrons. The maximum absolute atomic E-state index is 14.8. The molecule has 0 amide bonds. The molecule has 0 aromatic heterocycles. The van der Waals surface area contributed by atoms with Crippen molar-refractivity contribution in [1.29, 1.82) is 0 Å². The van der Waals surface area contributed by atoms with Gasteiger partial charge < -0.3 is 19.9 Å². The summed E-state index contributed by atoms with van der Waals surface area (Å²) in [4.78, 5) is 11.0. The summed E-state index contributed by atoms with van der Waals surface area (Å²) in [7, 11) is 0. The van der Waals surface area contributed by atoms with Gasteiger partial charge in [-0.3, -0.25) is 4.79 Å². The number of hydrogen-bond acceptors (Lipinski definition) is 4. The molecule has 132 valence electrons. The molecule has 3 rings (SSSR count). The fourth-order valence-corrected chi connectivity index (χ4v) is 3.37. The minimum Gasteiger partial charge on any atom is -0.490 e. The largest absolute Gasteiger partial charge is 0.490 e. The van der Waals surface area contributed by atoms with E-state index in [0.29, 0.717) is 45.4 Å². The lowest BCUT2D eigenvalue weighted by Gasteiger charge is -2.32. The predicted molar refractivity (Wildman–Crippen MR) is 87.2 cm³/mol. The molecule has 1 aliphatic carbocycles. The molecular weight excluding hydrogens is 313 g/mol. The van der Waals surface area contributed by atoms with Crippen molar-refractivity contribution in [2.24, 2.45) is 5.92 Å². The lowest BCUT2D eigenvalue weighted by molar-refractivity contribution is -0.143. The molecule has 6 heteroatoms. The summed E-state index contributed by atoms with van der Waals surface area (Å²) in [5, 5.41) is 12.2. The van der Waals surface area contributed by atoms with Gasteiger partial charge in [0.15, 0.2) is 11.5 Å². The van der Waals surface area contributed by atoms with Gasteiger partial charge in [-0.2, -0.15) is 0 Å². The zero-order valence-electron chi connectivity index (χ0n) is 13.7. The number of carboxylic acid groups (broad SMARTS) is 1. The van der Waals surface area contributed by atoms with Gasteiger partial charge in [-0.25, -0.2) is 4.39 Å². The molecule has 0 atom stereocenters. The van der Waals surface area contributed by atoms with E-state index in [2.05, 4.69) is 5.32 Å². The molecule has 1 saturated carbocycles. The minimum atomic E-state index is -1.32. The van der Waals surface area contributed by atoms with Crippen LogP contribution in [0.15, 0.2) is 18.2 Å². The molecule has 0 unspecified atom stereocenters. The van der Waals surface area contributed by atoms with Gasteiger partial charge in [-0.1, -0.05) is 12.1 Å². The molecule has 1 aromatic rings. The molecule has 2 N–H and O–H groups in total. The second-order valence-corrected chi connectivity index (χ2v) is 6.66. The highest BCUT2D eigenvalue weighted by molar-refractivity contribution is 5.70. The number of fused-ring (bicyclic) bond motifs is 1. The van der Waals surface area contributed by atoms with Crippen molar-refractivity contribution in [3.63, 3.8) is 0 Å². The molecule has 0 bridgehead atoms. The average molecular weight is 337 g/mol. The van der Waals surface area contributed by atoms with Crippen LogP contribution in [0.5, 0.6) is 11.5 Å². The summed E-state index contributed by atoms with van der Waals surface area (Å²) >= 11 is 0. The van der Waals surface area contributed by atoms with Crippen LogP contribution in [-0.2, 0) is 11.3 Å². The van der Waals surface area contributed by atoms with Crippen LogP contribution < -0.4 is 14.8 Å². The number of nitrogens with one attached hydrogen (secondary N) is 1. The molecule has 1 heterocycles. The fraction of sp³-hybridized carbons (Fsp3) is 0.611. The summed E-state index contributed by atoms with van der Waals surface area (Å²) < 4.78 is 26.2. The van der Waals surface area contributed by atoms with Gasteiger partial charge in [0.2, 0.25) is 0 Å². The van der Waals surface area contributed by atoms with Crippen LogP contribution in [0.1, 0.15) is 37.7 Å². The summed E-state index contributed by atoms with van der Waals surface area (Å²) in [6.07, 6.45) is 2.25. The first-order chi connectivity index (χ1) is 11.6. The third kappa shape index (κ3) is 3.98. The summed E-state index contributed by atoms with van der Waals surface area (Å²) in [5.41, 5.74) is -0.369. The Kier molecular flexibility index (Phi) is 5.23. The Balaban J connectivity index is 1.54. The smallest absolute Gasteiger partial charge is 0.306 e. The Hall–Kier alpha value is -1.82. The van der Waals surface area contributed by atoms with E-state index in [1.807, 2.05) is 18.2 Å². The van der Waals surface area contributed by atoms with Crippen molar-refractivity contribution in [3.8, 4) is 11.5 Å². The van der Waals surface area contributed by atoms with Gasteiger partial charge in [0, 0.05) is 25.1 Å². The van der Waals surface area contributed by atoms with E-state index in [1.165, 1.54) is 0 Å². The number of carboxylic acids is 1. The van der Waals surface area contributed by atoms with Crippen LogP contribution in [0.25, 0.3) is 0 Å². The zero-order chi connectivity index (χ0) is 17.0. The van der Waals surface area contributed by atoms with Crippen LogP contribution in [0.2, 0.25) is 0 Å². The number of para-hydroxylation sites is 1. The Bertz CT molecular complexity index is 584. The van der Waals surface area contributed by atoms with Crippen molar-refractivity contribution in [3.05, 3.63) is 23.8 Å². The van der Waals surface area contributed by atoms with Crippen molar-refractivity contribution in [2.75, 3.05) is 19.8 Å². The summed E-state index contributed by atoms with van der Waals surface area (Å²) in [6, 6.07) is 5.74. The van der Waals surface area contributed by atoms with Crippen LogP contribution in [-0.4, -0.2) is 36.5 Å². The molecule has 24 heavy (non-hydrogen) atoms. The van der Waals surface area contributed by atoms with Gasteiger partial charge >= 0.3 is 5.97 Å². The van der Waals surface area contributed by atoms with Gasteiger partial charge in [0.05, 0.1) is 19.1 Å². The van der Waals surface area contributed by atoms with E-state index >= 15 is 0 Å². The third-order valence-electron chi connectivity index (χ3n) is 4.84. The molecule has 1 fully saturated rings. The van der Waals surface area contributed by atoms with Crippen LogP contribution in [0.3, 0.4) is 0 Å². The number of alkyl halides is 1. The van der Waals surface area contributed by atoms with E-state index in [1.54, 1.807) is 0 Å². The van der Waals surface area contributed by atoms with Crippen molar-refractivity contribution in [1.82, 2.24) is 5.32 Å². The van der Waals surface area contributed by atoms with E-state index in [0.717, 1.165) is 23.5 Å². The normalized spacial score (nSPS) is 26.6. The Morgan fingerprint density at radius 3 is 2.79 bits per heavy atom. The van der Waals surface area contributed by atoms with E-state index in [4.69, 9.17) is 14.6 Å². The minimum absolute atomic E-state index is 0.226. The number of carbonyl (C=O) groups is 1. The maximum atomic E-state index is 14.8. The van der Waals surface area contributed by atoms with Crippen LogP contribution >= 0.6 is 0 Å². The third-order valence-corrected chi connectivity index (χ3v) is 4.84. The monoisotopic (exact) mass is 337 g/mol. The number of benzene rings is 1. The number of rotatable bonds is 5. The first-order valence-electron chi connectivity index (χ1n) is 8.57. The molecular formula is C18H24FNO4. The second-order valence-electron chi connectivity index (χ2n) is 6.66. The highest BCUT2D eigenvalue weighted by Gasteiger charge is 2.37. The van der Waals surface area contributed by atoms with Gasteiger partial charge in [0.1, 0.15) is 5.67 Å². The predicted octanol–water partition coefficient (Wildman–Crippen LogP) is 2.92. The Morgan fingerprint density at radius 1 is 1.29 bits per heavy atom. The molecule has 2 aliphatic rings. The maximum Gasteiger partial charge on any atom is 0.306 e. The quantitative estimate of drug-likeness (QED) is 0.865. The van der Waals surface area contributed by atoms with Crippen LogP contribution in [0.4, 0.5) is 4.39 Å². The first-order valence-corrected chi connectivity index (χ1v) is 8.57. The van der Waals surface area contributed by atoms with Gasteiger partial charge in [-0.15, -0.1) is 0 Å². The lowest BCUT2D eigenvalue weighted by Crippen LogP contribution is -2.40. The zero-order valence-corrected chi connectivity index (χ0v) is 13.7. The Labute approximate surface area is 141 Å². The number of halogens is 1. The van der Waals surface area contributed by atoms with Crippen molar-refractivity contribution < 1.29 is 23.8 Å². The summed E-state index contributed by atoms with van der Waals surface area (Å²) in [5.74, 6) is 0.271. The second kappa shape index (κ2) is 7.38. The molecule has 1 aliphatic heterocycles. The standard InChI is InChI=1S/C18H24FNO4/c19-18(7-5-13(6-8-18)17(21)22)12-20-11-14-3-1-4-15-16(14)24-10-2-9-23-15/h1,3-4,13,20H,2,5-12H2,(H,21,22). The van der Waals surface area contributed by atoms with E-state index in [-0.39, 0.29) is 6.54 Å². The number of ether oxygens (including phenoxy) is 2. The first kappa shape index (κ1) is 17.0. The molecule has 5 nitrogen and oxygen atoms in total. The number of aliphatic carboxylic acids is 1. The van der Waals surface area contributed by atoms with E-state index in [9.17, 15) is 9.18 Å². The fourth-order valence-electron chi connectivity index (χ4n) is 3.37. The highest BCUT2D eigenvalue weighted by Crippen LogP contribution is 2.36. The summed E-state index contributed by atoms with van der Waals surface area (Å²) in [6.45, 7) is 1.99. The molecule has 0 saturated heterocycles. The number of hydrogen-bond donors (Lipinski definition) is 2. The van der Waals surface area contributed by atoms with Crippen molar-refractivity contribution >= 4 is 5.97 Å². The topological polar surface area (TPSA) is 67.8 Å². The highest BCUT2D eigenvalue weighted by atomic mass is 19.1. The molecule has 0 spiro atoms. The average Bonchev–Trinajstić information content (AvgIpc) is 2.81. The van der Waals surface area contributed by atoms with Crippen molar-refractivity contribution in [2.45, 2.75) is 44.3 Å².